The molecule has 0 bridgehead atoms. The molecule has 0 aliphatic rings. The Labute approximate surface area is 138 Å². The molecule has 1 atom stereocenters. The zero-order valence-corrected chi connectivity index (χ0v) is 14.3. The SMILES string of the molecule is CCc1cccc(C)c1NC(=O)[C@@H](CC)Oc1ccc(C)cc1. The summed E-state index contributed by atoms with van der Waals surface area (Å²) in [5.41, 5.74) is 4.29. The van der Waals surface area contributed by atoms with Crippen molar-refractivity contribution in [1.29, 1.82) is 0 Å². The van der Waals surface area contributed by atoms with Crippen LogP contribution < -0.4 is 10.1 Å². The summed E-state index contributed by atoms with van der Waals surface area (Å²) in [5, 5.41) is 3.05. The van der Waals surface area contributed by atoms with Gasteiger partial charge in [-0.1, -0.05) is 49.7 Å². The number of para-hydroxylation sites is 1. The molecule has 0 fully saturated rings. The Hall–Kier alpha value is -2.29. The number of aryl methyl sites for hydroxylation is 3. The maximum atomic E-state index is 12.6. The van der Waals surface area contributed by atoms with Gasteiger partial charge in [-0.2, -0.15) is 0 Å². The summed E-state index contributed by atoms with van der Waals surface area (Å²) in [6.07, 6.45) is 1.00. The Morgan fingerprint density at radius 2 is 1.78 bits per heavy atom. The minimum absolute atomic E-state index is 0.0999. The van der Waals surface area contributed by atoms with Gasteiger partial charge in [0.2, 0.25) is 0 Å². The zero-order chi connectivity index (χ0) is 16.8. The number of nitrogens with one attached hydrogen (secondary N) is 1. The smallest absolute Gasteiger partial charge is 0.265 e. The fourth-order valence-electron chi connectivity index (χ4n) is 2.51. The third-order valence-corrected chi connectivity index (χ3v) is 3.95. The normalized spacial score (nSPS) is 11.8. The van der Waals surface area contributed by atoms with Gasteiger partial charge in [-0.05, 0) is 49.9 Å². The molecule has 0 unspecified atom stereocenters. The Morgan fingerprint density at radius 3 is 2.39 bits per heavy atom. The van der Waals surface area contributed by atoms with Crippen LogP contribution in [0, 0.1) is 13.8 Å². The van der Waals surface area contributed by atoms with Gasteiger partial charge < -0.3 is 10.1 Å². The van der Waals surface area contributed by atoms with E-state index in [0.29, 0.717) is 6.42 Å². The van der Waals surface area contributed by atoms with E-state index in [-0.39, 0.29) is 5.91 Å². The lowest BCUT2D eigenvalue weighted by atomic mass is 10.1. The predicted octanol–water partition coefficient (Wildman–Crippen LogP) is 4.66. The van der Waals surface area contributed by atoms with Gasteiger partial charge in [0.05, 0.1) is 0 Å². The summed E-state index contributed by atoms with van der Waals surface area (Å²) >= 11 is 0. The van der Waals surface area contributed by atoms with E-state index in [4.69, 9.17) is 4.74 Å². The number of anilines is 1. The lowest BCUT2D eigenvalue weighted by Gasteiger charge is -2.19. The average Bonchev–Trinajstić information content (AvgIpc) is 2.56. The van der Waals surface area contributed by atoms with E-state index >= 15 is 0 Å². The number of hydrogen-bond acceptors (Lipinski definition) is 2. The monoisotopic (exact) mass is 311 g/mol. The van der Waals surface area contributed by atoms with E-state index < -0.39 is 6.10 Å². The molecule has 2 aromatic carbocycles. The highest BCUT2D eigenvalue weighted by Crippen LogP contribution is 2.22. The molecule has 0 spiro atoms. The summed E-state index contributed by atoms with van der Waals surface area (Å²) in [6, 6.07) is 13.8. The minimum atomic E-state index is -0.498. The minimum Gasteiger partial charge on any atom is -0.481 e. The van der Waals surface area contributed by atoms with E-state index in [2.05, 4.69) is 12.2 Å². The molecule has 0 aliphatic carbocycles. The van der Waals surface area contributed by atoms with Crippen LogP contribution in [0.1, 0.15) is 37.0 Å². The lowest BCUT2D eigenvalue weighted by Crippen LogP contribution is -2.33. The summed E-state index contributed by atoms with van der Waals surface area (Å²) in [7, 11) is 0. The summed E-state index contributed by atoms with van der Waals surface area (Å²) in [5.74, 6) is 0.621. The van der Waals surface area contributed by atoms with Gasteiger partial charge in [-0.25, -0.2) is 0 Å². The molecule has 1 amide bonds. The van der Waals surface area contributed by atoms with Crippen molar-refractivity contribution in [3.63, 3.8) is 0 Å². The second kappa shape index (κ2) is 7.82. The Bertz CT molecular complexity index is 662. The quantitative estimate of drug-likeness (QED) is 0.842. The molecule has 3 heteroatoms. The molecule has 0 heterocycles. The molecule has 0 aliphatic heterocycles. The number of rotatable bonds is 6. The van der Waals surface area contributed by atoms with Crippen molar-refractivity contribution in [2.24, 2.45) is 0 Å². The number of benzene rings is 2. The van der Waals surface area contributed by atoms with Gasteiger partial charge in [0.1, 0.15) is 5.75 Å². The highest BCUT2D eigenvalue weighted by Gasteiger charge is 2.20. The lowest BCUT2D eigenvalue weighted by molar-refractivity contribution is -0.122. The number of carbonyl (C=O) groups is 1. The van der Waals surface area contributed by atoms with Crippen LogP contribution in [0.15, 0.2) is 42.5 Å². The third-order valence-electron chi connectivity index (χ3n) is 3.95. The average molecular weight is 311 g/mol. The zero-order valence-electron chi connectivity index (χ0n) is 14.3. The molecule has 0 aromatic heterocycles. The topological polar surface area (TPSA) is 38.3 Å². The molecule has 0 saturated heterocycles. The largest absolute Gasteiger partial charge is 0.481 e. The van der Waals surface area contributed by atoms with Crippen LogP contribution in [0.4, 0.5) is 5.69 Å². The van der Waals surface area contributed by atoms with Gasteiger partial charge in [-0.15, -0.1) is 0 Å². The van der Waals surface area contributed by atoms with Crippen LogP contribution in [-0.4, -0.2) is 12.0 Å². The van der Waals surface area contributed by atoms with Crippen molar-refractivity contribution in [3.05, 3.63) is 59.2 Å². The molecular weight excluding hydrogens is 286 g/mol. The number of ether oxygens (including phenoxy) is 1. The van der Waals surface area contributed by atoms with Crippen LogP contribution in [0.2, 0.25) is 0 Å². The van der Waals surface area contributed by atoms with E-state index in [1.165, 1.54) is 5.56 Å². The van der Waals surface area contributed by atoms with E-state index in [1.54, 1.807) is 0 Å². The van der Waals surface area contributed by atoms with Gasteiger partial charge in [0, 0.05) is 5.69 Å². The van der Waals surface area contributed by atoms with Crippen molar-refractivity contribution in [2.45, 2.75) is 46.6 Å². The van der Waals surface area contributed by atoms with E-state index in [0.717, 1.165) is 29.0 Å². The predicted molar refractivity (Wildman–Crippen MR) is 95.1 cm³/mol. The molecule has 3 nitrogen and oxygen atoms in total. The molecular formula is C20H25NO2. The third kappa shape index (κ3) is 4.35. The van der Waals surface area contributed by atoms with Crippen LogP contribution in [0.25, 0.3) is 0 Å². The van der Waals surface area contributed by atoms with Crippen molar-refractivity contribution < 1.29 is 9.53 Å². The number of amides is 1. The Morgan fingerprint density at radius 1 is 1.09 bits per heavy atom. The second-order valence-electron chi connectivity index (χ2n) is 5.78. The molecule has 23 heavy (non-hydrogen) atoms. The van der Waals surface area contributed by atoms with E-state index in [1.807, 2.05) is 63.2 Å². The standard InChI is InChI=1S/C20H25NO2/c1-5-16-9-7-8-15(4)19(16)21-20(22)18(6-2)23-17-12-10-14(3)11-13-17/h7-13,18H,5-6H2,1-4H3,(H,21,22)/t18-/m1/s1. The van der Waals surface area contributed by atoms with Crippen molar-refractivity contribution in [2.75, 3.05) is 5.32 Å². The van der Waals surface area contributed by atoms with Crippen molar-refractivity contribution >= 4 is 11.6 Å². The summed E-state index contributed by atoms with van der Waals surface area (Å²) in [6.45, 7) is 8.08. The highest BCUT2D eigenvalue weighted by atomic mass is 16.5. The molecule has 0 radical (unpaired) electrons. The van der Waals surface area contributed by atoms with E-state index in [9.17, 15) is 4.79 Å². The Kier molecular flexibility index (Phi) is 5.80. The maximum Gasteiger partial charge on any atom is 0.265 e. The number of hydrogen-bond donors (Lipinski definition) is 1. The first kappa shape index (κ1) is 17.1. The summed E-state index contributed by atoms with van der Waals surface area (Å²) in [4.78, 5) is 12.6. The molecule has 2 rings (SSSR count). The first-order valence-corrected chi connectivity index (χ1v) is 8.17. The molecule has 0 saturated carbocycles. The first-order chi connectivity index (χ1) is 11.0. The fraction of sp³-hybridized carbons (Fsp3) is 0.350. The van der Waals surface area contributed by atoms with Gasteiger partial charge in [-0.3, -0.25) is 4.79 Å². The second-order valence-corrected chi connectivity index (χ2v) is 5.78. The first-order valence-electron chi connectivity index (χ1n) is 8.17. The van der Waals surface area contributed by atoms with Crippen LogP contribution in [0.5, 0.6) is 5.75 Å². The fourth-order valence-corrected chi connectivity index (χ4v) is 2.51. The summed E-state index contributed by atoms with van der Waals surface area (Å²) < 4.78 is 5.85. The van der Waals surface area contributed by atoms with Gasteiger partial charge in [0.15, 0.2) is 6.10 Å². The molecule has 1 N–H and O–H groups in total. The molecule has 122 valence electrons. The maximum absolute atomic E-state index is 12.6. The Balaban J connectivity index is 2.13. The molecule has 2 aromatic rings. The van der Waals surface area contributed by atoms with Crippen LogP contribution in [0.3, 0.4) is 0 Å². The van der Waals surface area contributed by atoms with Crippen LogP contribution >= 0.6 is 0 Å². The van der Waals surface area contributed by atoms with Gasteiger partial charge in [0.25, 0.3) is 5.91 Å². The van der Waals surface area contributed by atoms with Crippen molar-refractivity contribution in [3.8, 4) is 5.75 Å². The van der Waals surface area contributed by atoms with Crippen molar-refractivity contribution in [1.82, 2.24) is 0 Å². The van der Waals surface area contributed by atoms with Gasteiger partial charge >= 0.3 is 0 Å². The van der Waals surface area contributed by atoms with Crippen LogP contribution in [-0.2, 0) is 11.2 Å². The number of carbonyl (C=O) groups excluding carboxylic acids is 1. The highest BCUT2D eigenvalue weighted by molar-refractivity contribution is 5.95.